The van der Waals surface area contributed by atoms with Crippen LogP contribution in [0.3, 0.4) is 0 Å². The number of nitrogens with one attached hydrogen (secondary N) is 1. The Hall–Kier alpha value is -0.300. The largest absolute Gasteiger partial charge is 0.310 e. The number of hydrogen-bond acceptors (Lipinski definition) is 1. The molecule has 1 aliphatic rings. The molecule has 0 amide bonds. The fourth-order valence-corrected chi connectivity index (χ4v) is 2.17. The van der Waals surface area contributed by atoms with Gasteiger partial charge in [-0.2, -0.15) is 0 Å². The summed E-state index contributed by atoms with van der Waals surface area (Å²) < 4.78 is 0. The van der Waals surface area contributed by atoms with Gasteiger partial charge in [0.2, 0.25) is 0 Å². The van der Waals surface area contributed by atoms with E-state index in [0.29, 0.717) is 11.5 Å². The Morgan fingerprint density at radius 2 is 2.15 bits per heavy atom. The minimum absolute atomic E-state index is 0.480. The van der Waals surface area contributed by atoms with Crippen molar-refractivity contribution in [2.75, 3.05) is 6.54 Å². The Morgan fingerprint density at radius 1 is 1.46 bits per heavy atom. The predicted molar refractivity (Wildman–Crippen MR) is 58.9 cm³/mol. The molecule has 1 fully saturated rings. The highest BCUT2D eigenvalue weighted by atomic mass is 14.9. The van der Waals surface area contributed by atoms with E-state index in [2.05, 4.69) is 32.7 Å². The zero-order valence-corrected chi connectivity index (χ0v) is 9.32. The van der Waals surface area contributed by atoms with Crippen molar-refractivity contribution in [3.05, 3.63) is 12.2 Å². The molecule has 1 unspecified atom stereocenters. The van der Waals surface area contributed by atoms with Crippen molar-refractivity contribution in [2.24, 2.45) is 5.41 Å². The summed E-state index contributed by atoms with van der Waals surface area (Å²) in [6.07, 6.45) is 5.48. The molecule has 0 aromatic carbocycles. The Balaban J connectivity index is 2.41. The minimum Gasteiger partial charge on any atom is -0.310 e. The van der Waals surface area contributed by atoms with E-state index < -0.39 is 0 Å². The molecule has 76 valence electrons. The highest BCUT2D eigenvalue weighted by molar-refractivity contribution is 4.95. The molecule has 0 aliphatic heterocycles. The van der Waals surface area contributed by atoms with Crippen LogP contribution in [0.4, 0.5) is 0 Å². The van der Waals surface area contributed by atoms with Gasteiger partial charge in [-0.05, 0) is 25.2 Å². The zero-order chi connectivity index (χ0) is 9.90. The second-order valence-corrected chi connectivity index (χ2v) is 5.12. The molecule has 1 nitrogen and oxygen atoms in total. The fraction of sp³-hybridized carbons (Fsp3) is 0.833. The highest BCUT2D eigenvalue weighted by Gasteiger charge is 2.31. The van der Waals surface area contributed by atoms with Gasteiger partial charge < -0.3 is 5.32 Å². The van der Waals surface area contributed by atoms with Crippen LogP contribution in [0, 0.1) is 5.41 Å². The molecule has 1 N–H and O–H groups in total. The van der Waals surface area contributed by atoms with Gasteiger partial charge in [-0.1, -0.05) is 38.8 Å². The molecule has 1 rings (SSSR count). The summed E-state index contributed by atoms with van der Waals surface area (Å²) in [5.41, 5.74) is 1.72. The van der Waals surface area contributed by atoms with Crippen molar-refractivity contribution in [2.45, 2.75) is 52.5 Å². The van der Waals surface area contributed by atoms with Crippen molar-refractivity contribution in [1.29, 1.82) is 0 Å². The average molecular weight is 181 g/mol. The third-order valence-electron chi connectivity index (χ3n) is 3.16. The van der Waals surface area contributed by atoms with Gasteiger partial charge in [-0.3, -0.25) is 0 Å². The molecular formula is C12H23N. The fourth-order valence-electron chi connectivity index (χ4n) is 2.17. The molecule has 1 heteroatoms. The van der Waals surface area contributed by atoms with Crippen LogP contribution in [0.5, 0.6) is 0 Å². The molecule has 0 aromatic rings. The van der Waals surface area contributed by atoms with Crippen molar-refractivity contribution < 1.29 is 0 Å². The maximum Gasteiger partial charge on any atom is 0.0161 e. The lowest BCUT2D eigenvalue weighted by Crippen LogP contribution is -2.44. The summed E-state index contributed by atoms with van der Waals surface area (Å²) in [5.74, 6) is 0. The summed E-state index contributed by atoms with van der Waals surface area (Å²) in [5, 5.41) is 3.61. The lowest BCUT2D eigenvalue weighted by molar-refractivity contribution is 0.171. The van der Waals surface area contributed by atoms with Crippen molar-refractivity contribution >= 4 is 0 Å². The number of hydrogen-bond donors (Lipinski definition) is 1. The predicted octanol–water partition coefficient (Wildman–Crippen LogP) is 3.12. The van der Waals surface area contributed by atoms with Crippen LogP contribution in [-0.2, 0) is 0 Å². The van der Waals surface area contributed by atoms with E-state index in [0.717, 1.165) is 6.54 Å². The molecular weight excluding hydrogens is 158 g/mol. The first-order valence-electron chi connectivity index (χ1n) is 5.40. The summed E-state index contributed by atoms with van der Waals surface area (Å²) in [6, 6.07) is 0.693. The van der Waals surface area contributed by atoms with E-state index in [1.54, 1.807) is 0 Å². The normalized spacial score (nSPS) is 27.2. The quantitative estimate of drug-likeness (QED) is 0.660. The minimum atomic E-state index is 0.480. The van der Waals surface area contributed by atoms with Crippen LogP contribution in [0.15, 0.2) is 12.2 Å². The zero-order valence-electron chi connectivity index (χ0n) is 9.32. The monoisotopic (exact) mass is 181 g/mol. The van der Waals surface area contributed by atoms with E-state index in [1.807, 2.05) is 0 Å². The Morgan fingerprint density at radius 3 is 2.69 bits per heavy atom. The summed E-state index contributed by atoms with van der Waals surface area (Å²) >= 11 is 0. The van der Waals surface area contributed by atoms with E-state index in [-0.39, 0.29) is 0 Å². The Bertz CT molecular complexity index is 182. The van der Waals surface area contributed by atoms with E-state index >= 15 is 0 Å². The van der Waals surface area contributed by atoms with Crippen LogP contribution in [-0.4, -0.2) is 12.6 Å². The molecule has 1 aliphatic carbocycles. The van der Waals surface area contributed by atoms with Gasteiger partial charge in [0.25, 0.3) is 0 Å². The molecule has 1 saturated carbocycles. The van der Waals surface area contributed by atoms with Gasteiger partial charge >= 0.3 is 0 Å². The Labute approximate surface area is 82.6 Å². The van der Waals surface area contributed by atoms with Crippen LogP contribution in [0.2, 0.25) is 0 Å². The van der Waals surface area contributed by atoms with Gasteiger partial charge in [-0.25, -0.2) is 0 Å². The Kier molecular flexibility index (Phi) is 3.55. The van der Waals surface area contributed by atoms with Gasteiger partial charge in [0.1, 0.15) is 0 Å². The standard InChI is InChI=1S/C12H23N/c1-10(2)9-13-11-7-5-6-8-12(11,3)4/h11,13H,1,5-9H2,2-4H3. The van der Waals surface area contributed by atoms with Crippen LogP contribution in [0.1, 0.15) is 46.5 Å². The molecule has 0 radical (unpaired) electrons. The maximum atomic E-state index is 3.92. The van der Waals surface area contributed by atoms with Gasteiger partial charge in [0.15, 0.2) is 0 Å². The smallest absolute Gasteiger partial charge is 0.0161 e. The lowest BCUT2D eigenvalue weighted by atomic mass is 9.73. The van der Waals surface area contributed by atoms with Crippen LogP contribution < -0.4 is 5.32 Å². The van der Waals surface area contributed by atoms with Gasteiger partial charge in [0, 0.05) is 12.6 Å². The van der Waals surface area contributed by atoms with E-state index in [1.165, 1.54) is 31.3 Å². The van der Waals surface area contributed by atoms with Crippen LogP contribution >= 0.6 is 0 Å². The third-order valence-corrected chi connectivity index (χ3v) is 3.16. The molecule has 0 bridgehead atoms. The van der Waals surface area contributed by atoms with E-state index in [4.69, 9.17) is 0 Å². The van der Waals surface area contributed by atoms with E-state index in [9.17, 15) is 0 Å². The first kappa shape index (κ1) is 10.8. The molecule has 1 atom stereocenters. The summed E-state index contributed by atoms with van der Waals surface area (Å²) in [4.78, 5) is 0. The van der Waals surface area contributed by atoms with Gasteiger partial charge in [-0.15, -0.1) is 0 Å². The first-order chi connectivity index (χ1) is 6.02. The topological polar surface area (TPSA) is 12.0 Å². The van der Waals surface area contributed by atoms with Crippen molar-refractivity contribution in [3.63, 3.8) is 0 Å². The van der Waals surface area contributed by atoms with Gasteiger partial charge in [0.05, 0.1) is 0 Å². The molecule has 0 spiro atoms. The third kappa shape index (κ3) is 3.15. The average Bonchev–Trinajstić information content (AvgIpc) is 2.01. The summed E-state index contributed by atoms with van der Waals surface area (Å²) in [6.45, 7) is 11.7. The molecule has 13 heavy (non-hydrogen) atoms. The first-order valence-corrected chi connectivity index (χ1v) is 5.40. The van der Waals surface area contributed by atoms with Crippen molar-refractivity contribution in [1.82, 2.24) is 5.32 Å². The second kappa shape index (κ2) is 4.28. The van der Waals surface area contributed by atoms with Crippen LogP contribution in [0.25, 0.3) is 0 Å². The second-order valence-electron chi connectivity index (χ2n) is 5.12. The summed E-state index contributed by atoms with van der Waals surface area (Å²) in [7, 11) is 0. The molecule has 0 aromatic heterocycles. The highest BCUT2D eigenvalue weighted by Crippen LogP contribution is 2.35. The number of rotatable bonds is 3. The van der Waals surface area contributed by atoms with Crippen molar-refractivity contribution in [3.8, 4) is 0 Å². The molecule has 0 saturated heterocycles. The lowest BCUT2D eigenvalue weighted by Gasteiger charge is -2.39. The SMILES string of the molecule is C=C(C)CNC1CCCCC1(C)C. The molecule has 0 heterocycles. The maximum absolute atomic E-state index is 3.92.